The zero-order valence-corrected chi connectivity index (χ0v) is 13.7. The summed E-state index contributed by atoms with van der Waals surface area (Å²) in [5.74, 6) is -0.157. The van der Waals surface area contributed by atoms with E-state index in [2.05, 4.69) is 62.5 Å². The summed E-state index contributed by atoms with van der Waals surface area (Å²) >= 11 is 0. The molecule has 1 amide bonds. The summed E-state index contributed by atoms with van der Waals surface area (Å²) in [4.78, 5) is 29.9. The van der Waals surface area contributed by atoms with E-state index in [9.17, 15) is 9.59 Å². The van der Waals surface area contributed by atoms with Gasteiger partial charge in [-0.1, -0.05) is 42.5 Å². The van der Waals surface area contributed by atoms with Gasteiger partial charge in [0, 0.05) is 32.7 Å². The molecule has 1 saturated heterocycles. The fourth-order valence-corrected chi connectivity index (χ4v) is 3.30. The van der Waals surface area contributed by atoms with Crippen molar-refractivity contribution in [1.29, 1.82) is 0 Å². The summed E-state index contributed by atoms with van der Waals surface area (Å²) in [6, 6.07) is 14.8. The summed E-state index contributed by atoms with van der Waals surface area (Å²) in [5.41, 5.74) is 0.840. The van der Waals surface area contributed by atoms with E-state index in [4.69, 9.17) is 0 Å². The maximum Gasteiger partial charge on any atom is 0.341 e. The molecule has 0 aliphatic carbocycles. The van der Waals surface area contributed by atoms with Crippen molar-refractivity contribution in [2.45, 2.75) is 6.54 Å². The van der Waals surface area contributed by atoms with Crippen LogP contribution in [-0.2, 0) is 6.54 Å². The van der Waals surface area contributed by atoms with E-state index in [0.29, 0.717) is 13.1 Å². The van der Waals surface area contributed by atoms with Crippen molar-refractivity contribution in [3.8, 4) is 0 Å². The van der Waals surface area contributed by atoms with Crippen LogP contribution in [0, 0.1) is 0 Å². The van der Waals surface area contributed by atoms with Crippen molar-refractivity contribution in [2.75, 3.05) is 26.2 Å². The van der Waals surface area contributed by atoms with E-state index in [-0.39, 0.29) is 11.7 Å². The number of carbonyl (C=O) groups excluding carboxylic acids is 1. The molecule has 2 heterocycles. The standard InChI is InChI=1S/C18H19N5O2/c24-17(16-19-18(25)21-20-16)23-10-8-22(9-11-23)12-14-6-3-5-13-4-1-2-7-15(13)14/h1-7H,8-12H2,(H2,19,20,21,25). The van der Waals surface area contributed by atoms with Crippen LogP contribution in [0.1, 0.15) is 16.2 Å². The van der Waals surface area contributed by atoms with Crippen molar-refractivity contribution >= 4 is 16.7 Å². The minimum atomic E-state index is -0.460. The Morgan fingerprint density at radius 2 is 1.80 bits per heavy atom. The molecule has 7 heteroatoms. The summed E-state index contributed by atoms with van der Waals surface area (Å²) in [7, 11) is 0. The van der Waals surface area contributed by atoms with E-state index in [1.54, 1.807) is 4.90 Å². The van der Waals surface area contributed by atoms with Crippen molar-refractivity contribution in [3.63, 3.8) is 0 Å². The number of hydrogen-bond acceptors (Lipinski definition) is 4. The Morgan fingerprint density at radius 3 is 2.56 bits per heavy atom. The lowest BCUT2D eigenvalue weighted by molar-refractivity contribution is 0.0617. The molecule has 4 rings (SSSR count). The maximum absolute atomic E-state index is 12.3. The van der Waals surface area contributed by atoms with Crippen LogP contribution in [0.5, 0.6) is 0 Å². The van der Waals surface area contributed by atoms with Crippen LogP contribution in [0.25, 0.3) is 10.8 Å². The number of benzene rings is 2. The molecule has 1 aliphatic heterocycles. The van der Waals surface area contributed by atoms with Gasteiger partial charge in [-0.25, -0.2) is 9.89 Å². The maximum atomic E-state index is 12.3. The molecule has 0 atom stereocenters. The van der Waals surface area contributed by atoms with E-state index in [1.165, 1.54) is 16.3 Å². The fraction of sp³-hybridized carbons (Fsp3) is 0.278. The Labute approximate surface area is 144 Å². The third-order valence-corrected chi connectivity index (χ3v) is 4.64. The van der Waals surface area contributed by atoms with Gasteiger partial charge in [0.2, 0.25) is 5.82 Å². The molecule has 0 unspecified atom stereocenters. The van der Waals surface area contributed by atoms with Gasteiger partial charge in [-0.15, -0.1) is 5.10 Å². The first kappa shape index (κ1) is 15.6. The number of carbonyl (C=O) groups is 1. The molecular formula is C18H19N5O2. The highest BCUT2D eigenvalue weighted by Crippen LogP contribution is 2.20. The van der Waals surface area contributed by atoms with E-state index in [1.807, 2.05) is 0 Å². The summed E-state index contributed by atoms with van der Waals surface area (Å²) in [6.07, 6.45) is 0. The molecule has 0 radical (unpaired) electrons. The topological polar surface area (TPSA) is 85.1 Å². The molecule has 3 aromatic rings. The number of nitrogens with one attached hydrogen (secondary N) is 2. The van der Waals surface area contributed by atoms with Gasteiger partial charge < -0.3 is 4.90 Å². The lowest BCUT2D eigenvalue weighted by Gasteiger charge is -2.34. The molecule has 128 valence electrons. The predicted octanol–water partition coefficient (Wildman–Crippen LogP) is 1.21. The van der Waals surface area contributed by atoms with Crippen LogP contribution in [0.3, 0.4) is 0 Å². The lowest BCUT2D eigenvalue weighted by atomic mass is 10.0. The molecule has 7 nitrogen and oxygen atoms in total. The Kier molecular flexibility index (Phi) is 4.07. The number of rotatable bonds is 3. The number of amides is 1. The smallest absolute Gasteiger partial charge is 0.333 e. The summed E-state index contributed by atoms with van der Waals surface area (Å²) in [5, 5.41) is 8.46. The first-order chi connectivity index (χ1) is 12.2. The summed E-state index contributed by atoms with van der Waals surface area (Å²) in [6.45, 7) is 3.70. The van der Waals surface area contributed by atoms with E-state index in [0.717, 1.165) is 19.6 Å². The second-order valence-electron chi connectivity index (χ2n) is 6.23. The predicted molar refractivity (Wildman–Crippen MR) is 94.3 cm³/mol. The third kappa shape index (κ3) is 3.18. The Balaban J connectivity index is 1.42. The van der Waals surface area contributed by atoms with Crippen LogP contribution < -0.4 is 5.69 Å². The molecule has 25 heavy (non-hydrogen) atoms. The van der Waals surface area contributed by atoms with Gasteiger partial charge in [0.05, 0.1) is 0 Å². The number of aromatic amines is 2. The largest absolute Gasteiger partial charge is 0.341 e. The van der Waals surface area contributed by atoms with Crippen LogP contribution in [0.15, 0.2) is 47.3 Å². The van der Waals surface area contributed by atoms with Gasteiger partial charge in [-0.2, -0.15) is 0 Å². The van der Waals surface area contributed by atoms with Gasteiger partial charge in [0.25, 0.3) is 5.91 Å². The molecule has 1 aromatic heterocycles. The van der Waals surface area contributed by atoms with Crippen molar-refractivity contribution < 1.29 is 4.79 Å². The molecule has 1 fully saturated rings. The molecule has 2 aromatic carbocycles. The first-order valence-corrected chi connectivity index (χ1v) is 8.34. The van der Waals surface area contributed by atoms with Crippen LogP contribution in [0.4, 0.5) is 0 Å². The van der Waals surface area contributed by atoms with Crippen LogP contribution >= 0.6 is 0 Å². The van der Waals surface area contributed by atoms with Crippen LogP contribution in [0.2, 0.25) is 0 Å². The normalized spacial score (nSPS) is 15.6. The van der Waals surface area contributed by atoms with E-state index >= 15 is 0 Å². The van der Waals surface area contributed by atoms with Crippen LogP contribution in [-0.4, -0.2) is 57.1 Å². The van der Waals surface area contributed by atoms with Gasteiger partial charge in [0.15, 0.2) is 0 Å². The highest BCUT2D eigenvalue weighted by atomic mass is 16.2. The molecule has 0 bridgehead atoms. The Morgan fingerprint density at radius 1 is 1.04 bits per heavy atom. The third-order valence-electron chi connectivity index (χ3n) is 4.64. The number of aromatic nitrogens is 3. The number of piperazine rings is 1. The number of fused-ring (bicyclic) bond motifs is 1. The molecular weight excluding hydrogens is 318 g/mol. The molecule has 0 spiro atoms. The summed E-state index contributed by atoms with van der Waals surface area (Å²) < 4.78 is 0. The quantitative estimate of drug-likeness (QED) is 0.752. The fourth-order valence-electron chi connectivity index (χ4n) is 3.30. The molecule has 1 aliphatic rings. The highest BCUT2D eigenvalue weighted by Gasteiger charge is 2.24. The minimum Gasteiger partial charge on any atom is -0.333 e. The zero-order chi connectivity index (χ0) is 17.2. The van der Waals surface area contributed by atoms with Crippen molar-refractivity contribution in [1.82, 2.24) is 25.0 Å². The molecule has 2 N–H and O–H groups in total. The van der Waals surface area contributed by atoms with Crippen molar-refractivity contribution in [3.05, 3.63) is 64.3 Å². The first-order valence-electron chi connectivity index (χ1n) is 8.34. The number of hydrogen-bond donors (Lipinski definition) is 2. The average molecular weight is 337 g/mol. The average Bonchev–Trinajstić information content (AvgIpc) is 3.08. The van der Waals surface area contributed by atoms with Gasteiger partial charge in [-0.3, -0.25) is 14.7 Å². The second kappa shape index (κ2) is 6.52. The number of H-pyrrole nitrogens is 2. The lowest BCUT2D eigenvalue weighted by Crippen LogP contribution is -2.48. The monoisotopic (exact) mass is 337 g/mol. The number of nitrogens with zero attached hydrogens (tertiary/aromatic N) is 3. The van der Waals surface area contributed by atoms with Gasteiger partial charge in [0.1, 0.15) is 0 Å². The zero-order valence-electron chi connectivity index (χ0n) is 13.7. The Hall–Kier alpha value is -2.93. The van der Waals surface area contributed by atoms with Crippen molar-refractivity contribution in [2.24, 2.45) is 0 Å². The van der Waals surface area contributed by atoms with E-state index < -0.39 is 5.69 Å². The molecule has 0 saturated carbocycles. The SMILES string of the molecule is O=C(c1n[nH]c(=O)[nH]1)N1CCN(Cc2cccc3ccccc23)CC1. The van der Waals surface area contributed by atoms with Gasteiger partial charge in [-0.05, 0) is 16.3 Å². The second-order valence-corrected chi connectivity index (χ2v) is 6.23. The Bertz CT molecular complexity index is 948. The highest BCUT2D eigenvalue weighted by molar-refractivity contribution is 5.90. The minimum absolute atomic E-state index is 0.0764. The van der Waals surface area contributed by atoms with Gasteiger partial charge >= 0.3 is 5.69 Å².